The molecule has 1 N–H and O–H groups in total. The van der Waals surface area contributed by atoms with Gasteiger partial charge in [-0.15, -0.1) is 0 Å². The van der Waals surface area contributed by atoms with E-state index >= 15 is 0 Å². The van der Waals surface area contributed by atoms with Crippen molar-refractivity contribution in [2.75, 3.05) is 0 Å². The number of para-hydroxylation sites is 6. The van der Waals surface area contributed by atoms with E-state index in [4.69, 9.17) is 9.97 Å². The summed E-state index contributed by atoms with van der Waals surface area (Å²) >= 11 is 0. The highest BCUT2D eigenvalue weighted by atomic mass is 16.4. The van der Waals surface area contributed by atoms with Crippen LogP contribution in [-0.4, -0.2) is 31.0 Å². The van der Waals surface area contributed by atoms with E-state index in [9.17, 15) is 9.90 Å². The second-order valence-corrected chi connectivity index (χ2v) is 7.45. The first-order valence-corrected chi connectivity index (χ1v) is 10.1. The Kier molecular flexibility index (Phi) is 4.04. The second kappa shape index (κ2) is 7.06. The van der Waals surface area contributed by atoms with Crippen LogP contribution in [0.5, 0.6) is 0 Å². The number of carbonyl (C=O) groups is 1. The standard InChI is InChI=1S/C26H15N4O2/c31-26(32)23(15-7-5-13-21-24(15)29-19-11-3-1-9-17(19)27-21)16-8-6-14-22-25(16)30-20-12-4-2-10-18(20)28-22/h1-14H,(H,31,32). The van der Waals surface area contributed by atoms with E-state index in [0.29, 0.717) is 44.2 Å². The molecule has 32 heavy (non-hydrogen) atoms. The van der Waals surface area contributed by atoms with Crippen LogP contribution in [0.4, 0.5) is 0 Å². The Bertz CT molecular complexity index is 1560. The number of aliphatic carboxylic acids is 1. The SMILES string of the molecule is O=C(O)[C](c1cccc2nc3ccccc3nc12)c1cccc2nc3ccccc3nc12. The summed E-state index contributed by atoms with van der Waals surface area (Å²) in [6.07, 6.45) is 0. The van der Waals surface area contributed by atoms with Gasteiger partial charge in [0.2, 0.25) is 0 Å². The van der Waals surface area contributed by atoms with Crippen molar-refractivity contribution in [2.24, 2.45) is 0 Å². The van der Waals surface area contributed by atoms with E-state index in [0.717, 1.165) is 11.0 Å². The van der Waals surface area contributed by atoms with Crippen molar-refractivity contribution in [3.63, 3.8) is 0 Å². The molecule has 0 aliphatic rings. The summed E-state index contributed by atoms with van der Waals surface area (Å²) in [5, 5.41) is 10.3. The predicted octanol–water partition coefficient (Wildman–Crippen LogP) is 4.93. The third-order valence-electron chi connectivity index (χ3n) is 5.49. The maximum atomic E-state index is 12.6. The number of carboxylic acids is 1. The van der Waals surface area contributed by atoms with Crippen molar-refractivity contribution in [1.29, 1.82) is 0 Å². The molecule has 0 aliphatic heterocycles. The lowest BCUT2D eigenvalue weighted by atomic mass is 9.89. The molecule has 0 amide bonds. The first kappa shape index (κ1) is 18.3. The molecule has 0 unspecified atom stereocenters. The van der Waals surface area contributed by atoms with Crippen LogP contribution in [0, 0.1) is 5.92 Å². The van der Waals surface area contributed by atoms with Crippen LogP contribution in [0.2, 0.25) is 0 Å². The molecule has 151 valence electrons. The molecule has 1 radical (unpaired) electrons. The number of nitrogens with zero attached hydrogens (tertiary/aromatic N) is 4. The van der Waals surface area contributed by atoms with Gasteiger partial charge < -0.3 is 5.11 Å². The predicted molar refractivity (Wildman–Crippen MR) is 123 cm³/mol. The van der Waals surface area contributed by atoms with Crippen LogP contribution in [-0.2, 0) is 4.79 Å². The van der Waals surface area contributed by atoms with Gasteiger partial charge in [0, 0.05) is 11.1 Å². The number of fused-ring (bicyclic) bond motifs is 4. The molecule has 0 bridgehead atoms. The van der Waals surface area contributed by atoms with Crippen LogP contribution in [0.15, 0.2) is 84.9 Å². The maximum absolute atomic E-state index is 12.6. The fourth-order valence-electron chi connectivity index (χ4n) is 4.06. The fraction of sp³-hybridized carbons (Fsp3) is 0. The van der Waals surface area contributed by atoms with Crippen molar-refractivity contribution in [1.82, 2.24) is 19.9 Å². The molecule has 4 aromatic carbocycles. The summed E-state index contributed by atoms with van der Waals surface area (Å²) in [5.41, 5.74) is 6.28. The summed E-state index contributed by atoms with van der Waals surface area (Å²) in [7, 11) is 0. The average molecular weight is 415 g/mol. The number of hydrogen-bond acceptors (Lipinski definition) is 5. The largest absolute Gasteiger partial charge is 0.480 e. The van der Waals surface area contributed by atoms with Crippen molar-refractivity contribution in [3.05, 3.63) is 102 Å². The van der Waals surface area contributed by atoms with Gasteiger partial charge in [-0.05, 0) is 36.4 Å². The maximum Gasteiger partial charge on any atom is 0.320 e. The molecule has 6 nitrogen and oxygen atoms in total. The first-order chi connectivity index (χ1) is 15.7. The molecule has 0 spiro atoms. The highest BCUT2D eigenvalue weighted by Crippen LogP contribution is 2.33. The molecule has 0 aliphatic carbocycles. The normalized spacial score (nSPS) is 11.7. The summed E-state index contributed by atoms with van der Waals surface area (Å²) in [6.45, 7) is 0. The second-order valence-electron chi connectivity index (χ2n) is 7.45. The van der Waals surface area contributed by atoms with Crippen LogP contribution in [0.25, 0.3) is 44.1 Å². The van der Waals surface area contributed by atoms with Gasteiger partial charge in [-0.3, -0.25) is 4.79 Å². The Morgan fingerprint density at radius 3 is 1.28 bits per heavy atom. The number of aromatic nitrogens is 4. The third kappa shape index (κ3) is 2.85. The molecular weight excluding hydrogens is 400 g/mol. The van der Waals surface area contributed by atoms with Crippen LogP contribution >= 0.6 is 0 Å². The minimum absolute atomic E-state index is 0.121. The molecule has 6 aromatic rings. The summed E-state index contributed by atoms with van der Waals surface area (Å²) in [5.74, 6) is -0.940. The van der Waals surface area contributed by atoms with E-state index < -0.39 is 5.97 Å². The number of benzene rings is 4. The minimum Gasteiger partial charge on any atom is -0.480 e. The third-order valence-corrected chi connectivity index (χ3v) is 5.49. The average Bonchev–Trinajstić information content (AvgIpc) is 2.82. The molecule has 2 heterocycles. The number of rotatable bonds is 3. The molecule has 6 heteroatoms. The van der Waals surface area contributed by atoms with Gasteiger partial charge in [-0.25, -0.2) is 19.9 Å². The lowest BCUT2D eigenvalue weighted by molar-refractivity contribution is -0.133. The molecule has 0 saturated carbocycles. The van der Waals surface area contributed by atoms with Gasteiger partial charge in [0.05, 0.1) is 44.1 Å². The van der Waals surface area contributed by atoms with Gasteiger partial charge >= 0.3 is 5.97 Å². The van der Waals surface area contributed by atoms with Crippen molar-refractivity contribution in [3.8, 4) is 0 Å². The van der Waals surface area contributed by atoms with Gasteiger partial charge in [0.25, 0.3) is 0 Å². The van der Waals surface area contributed by atoms with Crippen molar-refractivity contribution < 1.29 is 9.90 Å². The Labute approximate surface area is 182 Å². The lowest BCUT2D eigenvalue weighted by Crippen LogP contribution is -2.16. The quantitative estimate of drug-likeness (QED) is 0.412. The van der Waals surface area contributed by atoms with Crippen molar-refractivity contribution >= 4 is 50.1 Å². The zero-order chi connectivity index (χ0) is 21.7. The Balaban J connectivity index is 1.65. The van der Waals surface area contributed by atoms with Crippen molar-refractivity contribution in [2.45, 2.75) is 0 Å². The van der Waals surface area contributed by atoms with E-state index in [1.807, 2.05) is 60.7 Å². The Morgan fingerprint density at radius 1 is 0.500 bits per heavy atom. The Hall–Kier alpha value is -4.45. The zero-order valence-corrected chi connectivity index (χ0v) is 16.7. The molecular formula is C26H15N4O2. The molecule has 2 aromatic heterocycles. The molecule has 0 atom stereocenters. The highest BCUT2D eigenvalue weighted by Gasteiger charge is 2.29. The van der Waals surface area contributed by atoms with E-state index in [-0.39, 0.29) is 5.92 Å². The molecule has 0 saturated heterocycles. The van der Waals surface area contributed by atoms with Gasteiger partial charge in [-0.2, -0.15) is 0 Å². The number of carboxylic acid groups (broad SMARTS) is 1. The molecule has 0 fully saturated rings. The zero-order valence-electron chi connectivity index (χ0n) is 16.7. The van der Waals surface area contributed by atoms with Gasteiger partial charge in [0.1, 0.15) is 5.92 Å². The monoisotopic (exact) mass is 415 g/mol. The lowest BCUT2D eigenvalue weighted by Gasteiger charge is -2.16. The summed E-state index contributed by atoms with van der Waals surface area (Å²) < 4.78 is 0. The summed E-state index contributed by atoms with van der Waals surface area (Å²) in [6, 6.07) is 25.9. The Morgan fingerprint density at radius 2 is 0.875 bits per heavy atom. The molecule has 6 rings (SSSR count). The first-order valence-electron chi connectivity index (χ1n) is 10.1. The highest BCUT2D eigenvalue weighted by molar-refractivity contribution is 6.04. The van der Waals surface area contributed by atoms with E-state index in [2.05, 4.69) is 9.97 Å². The fourth-order valence-corrected chi connectivity index (χ4v) is 4.06. The van der Waals surface area contributed by atoms with E-state index in [1.165, 1.54) is 0 Å². The van der Waals surface area contributed by atoms with Crippen LogP contribution in [0.1, 0.15) is 11.1 Å². The number of hydrogen-bond donors (Lipinski definition) is 1. The van der Waals surface area contributed by atoms with Crippen LogP contribution in [0.3, 0.4) is 0 Å². The summed E-state index contributed by atoms with van der Waals surface area (Å²) in [4.78, 5) is 31.4. The smallest absolute Gasteiger partial charge is 0.320 e. The van der Waals surface area contributed by atoms with Crippen LogP contribution < -0.4 is 0 Å². The van der Waals surface area contributed by atoms with Gasteiger partial charge in [-0.1, -0.05) is 48.5 Å². The minimum atomic E-state index is -1.06. The van der Waals surface area contributed by atoms with E-state index in [1.54, 1.807) is 24.3 Å². The van der Waals surface area contributed by atoms with Gasteiger partial charge in [0.15, 0.2) is 0 Å². The topological polar surface area (TPSA) is 88.9 Å².